The van der Waals surface area contributed by atoms with E-state index in [1.54, 1.807) is 6.20 Å². The monoisotopic (exact) mass is 262 g/mol. The van der Waals surface area contributed by atoms with E-state index < -0.39 is 0 Å². The van der Waals surface area contributed by atoms with E-state index in [4.69, 9.17) is 0 Å². The number of nitrogens with zero attached hydrogens (tertiary/aromatic N) is 3. The second-order valence-electron chi connectivity index (χ2n) is 5.13. The van der Waals surface area contributed by atoms with Gasteiger partial charge in [-0.25, -0.2) is 9.78 Å². The van der Waals surface area contributed by atoms with Gasteiger partial charge in [0.2, 0.25) is 0 Å². The van der Waals surface area contributed by atoms with Gasteiger partial charge in [-0.05, 0) is 25.0 Å². The molecule has 19 heavy (non-hydrogen) atoms. The van der Waals surface area contributed by atoms with E-state index in [0.717, 1.165) is 37.4 Å². The lowest BCUT2D eigenvalue weighted by Crippen LogP contribution is -2.35. The van der Waals surface area contributed by atoms with E-state index >= 15 is 0 Å². The van der Waals surface area contributed by atoms with Crippen LogP contribution in [0.1, 0.15) is 25.7 Å². The van der Waals surface area contributed by atoms with Gasteiger partial charge in [-0.1, -0.05) is 12.8 Å². The maximum Gasteiger partial charge on any atom is 0.321 e. The lowest BCUT2D eigenvalue weighted by molar-refractivity contribution is 0.214. The summed E-state index contributed by atoms with van der Waals surface area (Å²) < 4.78 is 0. The Balaban J connectivity index is 1.94. The van der Waals surface area contributed by atoms with Gasteiger partial charge >= 0.3 is 6.03 Å². The first-order valence-electron chi connectivity index (χ1n) is 6.86. The Hall–Kier alpha value is -1.78. The van der Waals surface area contributed by atoms with Crippen molar-refractivity contribution in [1.29, 1.82) is 0 Å². The number of aromatic nitrogens is 1. The second-order valence-corrected chi connectivity index (χ2v) is 5.13. The summed E-state index contributed by atoms with van der Waals surface area (Å²) in [6.45, 7) is 1.71. The van der Waals surface area contributed by atoms with Crippen LogP contribution in [0.4, 0.5) is 16.3 Å². The smallest absolute Gasteiger partial charge is 0.321 e. The molecule has 1 aliphatic rings. The summed E-state index contributed by atoms with van der Waals surface area (Å²) in [5.74, 6) is 0.882. The lowest BCUT2D eigenvalue weighted by Gasteiger charge is -2.20. The van der Waals surface area contributed by atoms with E-state index in [0.29, 0.717) is 0 Å². The van der Waals surface area contributed by atoms with Gasteiger partial charge in [0.1, 0.15) is 5.82 Å². The fourth-order valence-corrected chi connectivity index (χ4v) is 2.20. The Labute approximate surface area is 114 Å². The van der Waals surface area contributed by atoms with Crippen molar-refractivity contribution in [2.24, 2.45) is 0 Å². The van der Waals surface area contributed by atoms with E-state index in [1.165, 1.54) is 12.8 Å². The Kier molecular flexibility index (Phi) is 4.60. The third kappa shape index (κ3) is 3.84. The first-order valence-corrected chi connectivity index (χ1v) is 6.86. The Morgan fingerprint density at radius 3 is 2.42 bits per heavy atom. The normalized spacial score (nSPS) is 15.8. The molecule has 0 saturated carbocycles. The molecule has 2 amide bonds. The van der Waals surface area contributed by atoms with Crippen LogP contribution in [-0.2, 0) is 0 Å². The SMILES string of the molecule is CN(C)c1ccc(NC(=O)N2CCCCCC2)cn1. The average Bonchev–Trinajstić information content (AvgIpc) is 2.68. The van der Waals surface area contributed by atoms with Crippen LogP contribution in [0.2, 0.25) is 0 Å². The number of hydrogen-bond donors (Lipinski definition) is 1. The number of carbonyl (C=O) groups is 1. The molecular formula is C14H22N4O. The van der Waals surface area contributed by atoms with Gasteiger partial charge in [-0.15, -0.1) is 0 Å². The number of hydrogen-bond acceptors (Lipinski definition) is 3. The summed E-state index contributed by atoms with van der Waals surface area (Å²) in [7, 11) is 3.88. The summed E-state index contributed by atoms with van der Waals surface area (Å²) in [4.78, 5) is 20.2. The predicted molar refractivity (Wildman–Crippen MR) is 77.6 cm³/mol. The summed E-state index contributed by atoms with van der Waals surface area (Å²) in [5.41, 5.74) is 0.750. The standard InChI is InChI=1S/C14H22N4O/c1-17(2)13-8-7-12(11-15-13)16-14(19)18-9-5-3-4-6-10-18/h7-8,11H,3-6,9-10H2,1-2H3,(H,16,19). The topological polar surface area (TPSA) is 48.5 Å². The third-order valence-corrected chi connectivity index (χ3v) is 3.35. The zero-order chi connectivity index (χ0) is 13.7. The minimum atomic E-state index is -0.0127. The molecule has 104 valence electrons. The molecule has 1 saturated heterocycles. The van der Waals surface area contributed by atoms with Crippen LogP contribution >= 0.6 is 0 Å². The Bertz CT molecular complexity index is 408. The number of rotatable bonds is 2. The third-order valence-electron chi connectivity index (χ3n) is 3.35. The Morgan fingerprint density at radius 2 is 1.89 bits per heavy atom. The van der Waals surface area contributed by atoms with Gasteiger partial charge in [-0.2, -0.15) is 0 Å². The van der Waals surface area contributed by atoms with Crippen molar-refractivity contribution in [1.82, 2.24) is 9.88 Å². The number of carbonyl (C=O) groups excluding carboxylic acids is 1. The van der Waals surface area contributed by atoms with Crippen molar-refractivity contribution in [3.8, 4) is 0 Å². The maximum absolute atomic E-state index is 12.1. The van der Waals surface area contributed by atoms with Gasteiger partial charge < -0.3 is 15.1 Å². The number of nitrogens with one attached hydrogen (secondary N) is 1. The molecular weight excluding hydrogens is 240 g/mol. The molecule has 2 rings (SSSR count). The molecule has 0 radical (unpaired) electrons. The molecule has 1 aliphatic heterocycles. The van der Waals surface area contributed by atoms with E-state index in [-0.39, 0.29) is 6.03 Å². The van der Waals surface area contributed by atoms with E-state index in [9.17, 15) is 4.79 Å². The predicted octanol–water partition coefficient (Wildman–Crippen LogP) is 2.56. The number of likely N-dealkylation sites (tertiary alicyclic amines) is 1. The fourth-order valence-electron chi connectivity index (χ4n) is 2.20. The van der Waals surface area contributed by atoms with Gasteiger partial charge in [0.15, 0.2) is 0 Å². The van der Waals surface area contributed by atoms with Gasteiger partial charge in [0.05, 0.1) is 11.9 Å². The maximum atomic E-state index is 12.1. The van der Waals surface area contributed by atoms with E-state index in [2.05, 4.69) is 10.3 Å². The molecule has 0 spiro atoms. The quantitative estimate of drug-likeness (QED) is 0.891. The second kappa shape index (κ2) is 6.41. The van der Waals surface area contributed by atoms with Crippen LogP contribution in [0.15, 0.2) is 18.3 Å². The van der Waals surface area contributed by atoms with Crippen LogP contribution < -0.4 is 10.2 Å². The highest BCUT2D eigenvalue weighted by atomic mass is 16.2. The summed E-state index contributed by atoms with van der Waals surface area (Å²) in [6.07, 6.45) is 6.35. The molecule has 0 bridgehead atoms. The molecule has 0 atom stereocenters. The zero-order valence-electron chi connectivity index (χ0n) is 11.7. The fraction of sp³-hybridized carbons (Fsp3) is 0.571. The summed E-state index contributed by atoms with van der Waals surface area (Å²) in [6, 6.07) is 3.78. The number of anilines is 2. The van der Waals surface area contributed by atoms with Crippen LogP contribution in [0.3, 0.4) is 0 Å². The molecule has 0 aliphatic carbocycles. The molecule has 1 aromatic rings. The van der Waals surface area contributed by atoms with Crippen molar-refractivity contribution >= 4 is 17.5 Å². The van der Waals surface area contributed by atoms with E-state index in [1.807, 2.05) is 36.0 Å². The highest BCUT2D eigenvalue weighted by molar-refractivity contribution is 5.89. The minimum absolute atomic E-state index is 0.0127. The Morgan fingerprint density at radius 1 is 1.21 bits per heavy atom. The molecule has 1 fully saturated rings. The highest BCUT2D eigenvalue weighted by Crippen LogP contribution is 2.14. The minimum Gasteiger partial charge on any atom is -0.363 e. The molecule has 0 unspecified atom stereocenters. The van der Waals surface area contributed by atoms with Crippen molar-refractivity contribution in [2.45, 2.75) is 25.7 Å². The van der Waals surface area contributed by atoms with Crippen LogP contribution in [0.25, 0.3) is 0 Å². The first kappa shape index (κ1) is 13.6. The van der Waals surface area contributed by atoms with Crippen molar-refractivity contribution < 1.29 is 4.79 Å². The first-order chi connectivity index (χ1) is 9.16. The molecule has 0 aromatic carbocycles. The number of pyridine rings is 1. The van der Waals surface area contributed by atoms with Gasteiger partial charge in [0.25, 0.3) is 0 Å². The molecule has 5 heteroatoms. The lowest BCUT2D eigenvalue weighted by atomic mass is 10.2. The van der Waals surface area contributed by atoms with Gasteiger partial charge in [0, 0.05) is 27.2 Å². The van der Waals surface area contributed by atoms with Crippen LogP contribution in [-0.4, -0.2) is 43.1 Å². The molecule has 5 nitrogen and oxygen atoms in total. The number of urea groups is 1. The average molecular weight is 262 g/mol. The van der Waals surface area contributed by atoms with Gasteiger partial charge in [-0.3, -0.25) is 0 Å². The highest BCUT2D eigenvalue weighted by Gasteiger charge is 2.15. The molecule has 1 aromatic heterocycles. The van der Waals surface area contributed by atoms with Crippen LogP contribution in [0.5, 0.6) is 0 Å². The van der Waals surface area contributed by atoms with Crippen LogP contribution in [0, 0.1) is 0 Å². The van der Waals surface area contributed by atoms with Crippen molar-refractivity contribution in [3.63, 3.8) is 0 Å². The molecule has 2 heterocycles. The summed E-state index contributed by atoms with van der Waals surface area (Å²) in [5, 5.41) is 2.91. The largest absolute Gasteiger partial charge is 0.363 e. The summed E-state index contributed by atoms with van der Waals surface area (Å²) >= 11 is 0. The van der Waals surface area contributed by atoms with Crippen molar-refractivity contribution in [3.05, 3.63) is 18.3 Å². The number of amides is 2. The van der Waals surface area contributed by atoms with Crippen molar-refractivity contribution in [2.75, 3.05) is 37.4 Å². The zero-order valence-corrected chi connectivity index (χ0v) is 11.7. The molecule has 1 N–H and O–H groups in total.